The first-order chi connectivity index (χ1) is 10.1. The van der Waals surface area contributed by atoms with Crippen molar-refractivity contribution in [1.82, 2.24) is 9.55 Å². The number of hydrogen-bond donors (Lipinski definition) is 0. The Bertz CT molecular complexity index is 669. The fourth-order valence-corrected chi connectivity index (χ4v) is 2.68. The molecule has 0 N–H and O–H groups in total. The van der Waals surface area contributed by atoms with E-state index in [1.807, 2.05) is 54.9 Å². The molecule has 21 heavy (non-hydrogen) atoms. The highest BCUT2D eigenvalue weighted by Crippen LogP contribution is 2.21. The Morgan fingerprint density at radius 1 is 1.33 bits per heavy atom. The van der Waals surface area contributed by atoms with E-state index >= 15 is 0 Å². The highest BCUT2D eigenvalue weighted by molar-refractivity contribution is 8.13. The minimum atomic E-state index is -0.388. The third-order valence-corrected chi connectivity index (χ3v) is 3.73. The highest BCUT2D eigenvalue weighted by atomic mass is 32.2. The Kier molecular flexibility index (Phi) is 5.52. The normalized spacial score (nSPS) is 10.6. The zero-order chi connectivity index (χ0) is 15.2. The average Bonchev–Trinajstić information content (AvgIpc) is 2.46. The molecule has 2 aromatic rings. The molecule has 0 aliphatic heterocycles. The van der Waals surface area contributed by atoms with Gasteiger partial charge in [-0.15, -0.1) is 0 Å². The van der Waals surface area contributed by atoms with Crippen LogP contribution in [0.5, 0.6) is 0 Å². The number of aromatic nitrogens is 2. The summed E-state index contributed by atoms with van der Waals surface area (Å²) >= 11 is 6.01. The largest absolute Gasteiger partial charge is 0.452 e. The van der Waals surface area contributed by atoms with E-state index in [0.717, 1.165) is 17.3 Å². The lowest BCUT2D eigenvalue weighted by Crippen LogP contribution is -2.08. The topological polar surface area (TPSA) is 44.1 Å². The van der Waals surface area contributed by atoms with Crippen LogP contribution in [0.15, 0.2) is 47.8 Å². The van der Waals surface area contributed by atoms with Gasteiger partial charge in [0, 0.05) is 24.0 Å². The molecule has 6 heteroatoms. The second kappa shape index (κ2) is 7.38. The molecule has 0 spiro atoms. The van der Waals surface area contributed by atoms with Gasteiger partial charge < -0.3 is 9.30 Å². The van der Waals surface area contributed by atoms with Crippen LogP contribution < -0.4 is 0 Å². The summed E-state index contributed by atoms with van der Waals surface area (Å²) in [6.07, 6.45) is 1.84. The lowest BCUT2D eigenvalue weighted by Gasteiger charge is -2.14. The third kappa shape index (κ3) is 4.68. The number of benzene rings is 1. The van der Waals surface area contributed by atoms with Gasteiger partial charge in [0.05, 0.1) is 0 Å². The molecule has 0 saturated heterocycles. The lowest BCUT2D eigenvalue weighted by molar-refractivity contribution is 0.168. The van der Waals surface area contributed by atoms with E-state index in [0.29, 0.717) is 9.80 Å². The van der Waals surface area contributed by atoms with Crippen molar-refractivity contribution in [3.63, 3.8) is 0 Å². The van der Waals surface area contributed by atoms with Crippen molar-refractivity contribution in [2.24, 2.45) is 0 Å². The van der Waals surface area contributed by atoms with Crippen LogP contribution in [0.25, 0.3) is 0 Å². The molecule has 0 bridgehead atoms. The van der Waals surface area contributed by atoms with Gasteiger partial charge in [0.15, 0.2) is 5.16 Å². The summed E-state index contributed by atoms with van der Waals surface area (Å²) < 4.78 is 7.60. The maximum atomic E-state index is 11.9. The molecule has 0 fully saturated rings. The maximum absolute atomic E-state index is 11.9. The second-order valence-electron chi connectivity index (χ2n) is 4.68. The minimum Gasteiger partial charge on any atom is -0.452 e. The van der Waals surface area contributed by atoms with Gasteiger partial charge in [-0.25, -0.2) is 9.78 Å². The fraction of sp³-hybridized carbons (Fsp3) is 0.267. The van der Waals surface area contributed by atoms with E-state index in [1.165, 1.54) is 0 Å². The van der Waals surface area contributed by atoms with Gasteiger partial charge in [-0.2, -0.15) is 0 Å². The van der Waals surface area contributed by atoms with Gasteiger partial charge in [-0.05, 0) is 25.5 Å². The zero-order valence-corrected chi connectivity index (χ0v) is 13.5. The SMILES string of the molecule is CC(C)n1ccc(=S)nc1SC(=O)OCc1ccccc1. The van der Waals surface area contributed by atoms with Crippen molar-refractivity contribution in [2.75, 3.05) is 0 Å². The standard InChI is InChI=1S/C15H16N2O2S2/c1-11(2)17-9-8-13(20)16-14(17)21-15(18)19-10-12-6-4-3-5-7-12/h3-9,11H,10H2,1-2H3. The van der Waals surface area contributed by atoms with E-state index in [2.05, 4.69) is 4.98 Å². The fourth-order valence-electron chi connectivity index (χ4n) is 1.69. The molecule has 0 radical (unpaired) electrons. The first-order valence-corrected chi connectivity index (χ1v) is 7.76. The third-order valence-electron chi connectivity index (χ3n) is 2.73. The van der Waals surface area contributed by atoms with Crippen molar-refractivity contribution in [1.29, 1.82) is 0 Å². The monoisotopic (exact) mass is 320 g/mol. The van der Waals surface area contributed by atoms with Crippen molar-refractivity contribution in [3.8, 4) is 0 Å². The van der Waals surface area contributed by atoms with Gasteiger partial charge >= 0.3 is 5.30 Å². The van der Waals surface area contributed by atoms with Crippen LogP contribution in [-0.4, -0.2) is 14.9 Å². The van der Waals surface area contributed by atoms with E-state index in [9.17, 15) is 4.79 Å². The predicted molar refractivity (Wildman–Crippen MR) is 85.9 cm³/mol. The molecule has 110 valence electrons. The Labute approximate surface area is 133 Å². The number of hydrogen-bond acceptors (Lipinski definition) is 5. The molecular formula is C15H16N2O2S2. The van der Waals surface area contributed by atoms with Gasteiger partial charge in [-0.3, -0.25) is 0 Å². The molecule has 0 aliphatic rings. The maximum Gasteiger partial charge on any atom is 0.375 e. The molecule has 0 atom stereocenters. The summed E-state index contributed by atoms with van der Waals surface area (Å²) in [7, 11) is 0. The summed E-state index contributed by atoms with van der Waals surface area (Å²) in [4.78, 5) is 16.2. The van der Waals surface area contributed by atoms with Gasteiger partial charge in [0.1, 0.15) is 11.2 Å². The summed E-state index contributed by atoms with van der Waals surface area (Å²) in [5.74, 6) is 0. The van der Waals surface area contributed by atoms with Crippen molar-refractivity contribution in [3.05, 3.63) is 52.8 Å². The number of ether oxygens (including phenoxy) is 1. The van der Waals surface area contributed by atoms with E-state index in [-0.39, 0.29) is 18.0 Å². The molecular weight excluding hydrogens is 304 g/mol. The van der Waals surface area contributed by atoms with Crippen LogP contribution >= 0.6 is 24.0 Å². The molecule has 1 aromatic heterocycles. The summed E-state index contributed by atoms with van der Waals surface area (Å²) in [6, 6.07) is 11.5. The van der Waals surface area contributed by atoms with Crippen molar-refractivity contribution in [2.45, 2.75) is 31.7 Å². The number of rotatable bonds is 4. The molecule has 0 aliphatic carbocycles. The van der Waals surface area contributed by atoms with Crippen molar-refractivity contribution < 1.29 is 9.53 Å². The minimum absolute atomic E-state index is 0.192. The van der Waals surface area contributed by atoms with E-state index in [4.69, 9.17) is 17.0 Å². The van der Waals surface area contributed by atoms with Crippen molar-refractivity contribution >= 4 is 29.3 Å². The Hall–Kier alpha value is -1.66. The first-order valence-electron chi connectivity index (χ1n) is 6.54. The van der Waals surface area contributed by atoms with Gasteiger partial charge in [-0.1, -0.05) is 42.5 Å². The van der Waals surface area contributed by atoms with Crippen LogP contribution in [0, 0.1) is 4.64 Å². The van der Waals surface area contributed by atoms with Crippen LogP contribution in [0.1, 0.15) is 25.5 Å². The van der Waals surface area contributed by atoms with Crippen LogP contribution in [0.2, 0.25) is 0 Å². The zero-order valence-electron chi connectivity index (χ0n) is 11.9. The predicted octanol–water partition coefficient (Wildman–Crippen LogP) is 4.62. The van der Waals surface area contributed by atoms with Gasteiger partial charge in [0.25, 0.3) is 0 Å². The number of carbonyl (C=O) groups excluding carboxylic acids is 1. The molecule has 1 aromatic carbocycles. The molecule has 4 nitrogen and oxygen atoms in total. The molecule has 1 heterocycles. The number of thioether (sulfide) groups is 1. The molecule has 0 saturated carbocycles. The van der Waals surface area contributed by atoms with Crippen LogP contribution in [0.3, 0.4) is 0 Å². The Morgan fingerprint density at radius 3 is 2.71 bits per heavy atom. The van der Waals surface area contributed by atoms with Gasteiger partial charge in [0.2, 0.25) is 0 Å². The highest BCUT2D eigenvalue weighted by Gasteiger charge is 2.13. The quantitative estimate of drug-likeness (QED) is 0.356. The van der Waals surface area contributed by atoms with E-state index < -0.39 is 0 Å². The van der Waals surface area contributed by atoms with E-state index in [1.54, 1.807) is 6.07 Å². The number of carbonyl (C=O) groups is 1. The summed E-state index contributed by atoms with van der Waals surface area (Å²) in [5, 5.41) is 0.164. The Balaban J connectivity index is 2.02. The number of nitrogens with zero attached hydrogens (tertiary/aromatic N) is 2. The molecule has 0 unspecified atom stereocenters. The average molecular weight is 320 g/mol. The molecule has 2 rings (SSSR count). The van der Waals surface area contributed by atoms with Crippen LogP contribution in [0.4, 0.5) is 4.79 Å². The lowest BCUT2D eigenvalue weighted by atomic mass is 10.2. The smallest absolute Gasteiger partial charge is 0.375 e. The Morgan fingerprint density at radius 2 is 2.05 bits per heavy atom. The second-order valence-corrected chi connectivity index (χ2v) is 6.00. The summed E-state index contributed by atoms with van der Waals surface area (Å²) in [6.45, 7) is 4.29. The van der Waals surface area contributed by atoms with Crippen LogP contribution in [-0.2, 0) is 11.3 Å². The first kappa shape index (κ1) is 15.7. The molecule has 0 amide bonds. The summed E-state index contributed by atoms with van der Waals surface area (Å²) in [5.41, 5.74) is 0.952.